The van der Waals surface area contributed by atoms with Crippen molar-refractivity contribution in [2.24, 2.45) is 0 Å². The van der Waals surface area contributed by atoms with Gasteiger partial charge < -0.3 is 24.3 Å². The Hall–Kier alpha value is -3.15. The van der Waals surface area contributed by atoms with Crippen molar-refractivity contribution >= 4 is 16.7 Å². The van der Waals surface area contributed by atoms with Crippen molar-refractivity contribution in [3.8, 4) is 23.1 Å². The number of carbonyl (C=O) groups excluding carboxylic acids is 1. The molecule has 26 heavy (non-hydrogen) atoms. The standard InChI is InChI=1S/C20H19NO5/c1-11-4-6-12(7-5-11)17(22)15-13-10-14(25-2)18(23)19(24)16(13)21-8-3-9-26-20(15)21/h4-7,10,23-24H,3,8-9H2,1-2H3. The minimum Gasteiger partial charge on any atom is -0.503 e. The molecular weight excluding hydrogens is 334 g/mol. The Morgan fingerprint density at radius 2 is 1.92 bits per heavy atom. The van der Waals surface area contributed by atoms with Crippen LogP contribution in [0.25, 0.3) is 10.9 Å². The van der Waals surface area contributed by atoms with E-state index >= 15 is 0 Å². The highest BCUT2D eigenvalue weighted by Gasteiger charge is 2.30. The molecule has 0 spiro atoms. The number of phenols is 2. The van der Waals surface area contributed by atoms with Crippen LogP contribution in [0.4, 0.5) is 0 Å². The van der Waals surface area contributed by atoms with Crippen LogP contribution in [0.15, 0.2) is 30.3 Å². The van der Waals surface area contributed by atoms with Gasteiger partial charge >= 0.3 is 0 Å². The quantitative estimate of drug-likeness (QED) is 0.557. The molecule has 0 amide bonds. The summed E-state index contributed by atoms with van der Waals surface area (Å²) in [5.41, 5.74) is 2.35. The molecule has 0 aliphatic carbocycles. The molecule has 6 nitrogen and oxygen atoms in total. The summed E-state index contributed by atoms with van der Waals surface area (Å²) < 4.78 is 12.7. The maximum absolute atomic E-state index is 13.2. The third kappa shape index (κ3) is 2.29. The van der Waals surface area contributed by atoms with Crippen LogP contribution in [0.2, 0.25) is 0 Å². The van der Waals surface area contributed by atoms with Gasteiger partial charge in [-0.25, -0.2) is 0 Å². The molecule has 0 radical (unpaired) electrons. The number of carbonyl (C=O) groups is 1. The van der Waals surface area contributed by atoms with Crippen molar-refractivity contribution in [2.75, 3.05) is 13.7 Å². The summed E-state index contributed by atoms with van der Waals surface area (Å²) in [6, 6.07) is 8.87. The molecule has 0 saturated heterocycles. The molecule has 1 aliphatic heterocycles. The molecule has 1 aromatic heterocycles. The number of hydrogen-bond acceptors (Lipinski definition) is 5. The smallest absolute Gasteiger partial charge is 0.206 e. The number of fused-ring (bicyclic) bond motifs is 3. The zero-order chi connectivity index (χ0) is 18.4. The van der Waals surface area contributed by atoms with Gasteiger partial charge in [-0.15, -0.1) is 0 Å². The van der Waals surface area contributed by atoms with Crippen molar-refractivity contribution in [3.05, 3.63) is 47.0 Å². The number of aryl methyl sites for hydroxylation is 2. The Morgan fingerprint density at radius 3 is 2.62 bits per heavy atom. The van der Waals surface area contributed by atoms with Crippen molar-refractivity contribution < 1.29 is 24.5 Å². The number of nitrogens with zero attached hydrogens (tertiary/aromatic N) is 1. The molecule has 2 N–H and O–H groups in total. The molecule has 2 heterocycles. The predicted molar refractivity (Wildman–Crippen MR) is 96.5 cm³/mol. The zero-order valence-electron chi connectivity index (χ0n) is 14.6. The number of ether oxygens (including phenoxy) is 2. The number of methoxy groups -OCH3 is 1. The Kier molecular flexibility index (Phi) is 3.76. The number of aromatic hydroxyl groups is 2. The van der Waals surface area contributed by atoms with E-state index < -0.39 is 0 Å². The average Bonchev–Trinajstić information content (AvgIpc) is 2.98. The predicted octanol–water partition coefficient (Wildman–Crippen LogP) is 3.38. The summed E-state index contributed by atoms with van der Waals surface area (Å²) in [5, 5.41) is 21.2. The summed E-state index contributed by atoms with van der Waals surface area (Å²) in [6.45, 7) is 3.04. The highest BCUT2D eigenvalue weighted by molar-refractivity contribution is 6.19. The van der Waals surface area contributed by atoms with E-state index in [-0.39, 0.29) is 23.0 Å². The Balaban J connectivity index is 2.03. The van der Waals surface area contributed by atoms with Gasteiger partial charge in [0.1, 0.15) is 0 Å². The molecule has 6 heteroatoms. The second-order valence-electron chi connectivity index (χ2n) is 6.40. The van der Waals surface area contributed by atoms with Gasteiger partial charge in [-0.1, -0.05) is 29.8 Å². The fourth-order valence-electron chi connectivity index (χ4n) is 3.42. The number of aromatic nitrogens is 1. The molecule has 0 fully saturated rings. The van der Waals surface area contributed by atoms with Crippen LogP contribution in [0.3, 0.4) is 0 Å². The topological polar surface area (TPSA) is 80.9 Å². The highest BCUT2D eigenvalue weighted by Crippen LogP contribution is 2.47. The van der Waals surface area contributed by atoms with Gasteiger partial charge in [0.15, 0.2) is 17.3 Å². The first-order valence-corrected chi connectivity index (χ1v) is 8.42. The van der Waals surface area contributed by atoms with E-state index in [1.54, 1.807) is 22.8 Å². The monoisotopic (exact) mass is 353 g/mol. The van der Waals surface area contributed by atoms with E-state index in [1.165, 1.54) is 7.11 Å². The SMILES string of the molecule is COc1cc2c(C(=O)c3ccc(C)cc3)c3n(c2c(O)c1O)CCCO3. The molecule has 0 saturated carbocycles. The molecule has 3 aromatic rings. The summed E-state index contributed by atoms with van der Waals surface area (Å²) >= 11 is 0. The van der Waals surface area contributed by atoms with Crippen molar-refractivity contribution in [2.45, 2.75) is 19.9 Å². The maximum atomic E-state index is 13.2. The number of rotatable bonds is 3. The molecule has 0 unspecified atom stereocenters. The molecule has 0 bridgehead atoms. The normalized spacial score (nSPS) is 13.3. The Bertz CT molecular complexity index is 1020. The van der Waals surface area contributed by atoms with E-state index in [9.17, 15) is 15.0 Å². The van der Waals surface area contributed by atoms with Gasteiger partial charge in [-0.05, 0) is 19.4 Å². The Morgan fingerprint density at radius 1 is 1.19 bits per heavy atom. The van der Waals surface area contributed by atoms with Crippen molar-refractivity contribution in [1.29, 1.82) is 0 Å². The lowest BCUT2D eigenvalue weighted by atomic mass is 10.0. The number of ketones is 1. The minimum absolute atomic E-state index is 0.107. The molecule has 4 rings (SSSR count). The van der Waals surface area contributed by atoms with Crippen LogP contribution in [0.1, 0.15) is 27.9 Å². The largest absolute Gasteiger partial charge is 0.503 e. The second-order valence-corrected chi connectivity index (χ2v) is 6.40. The van der Waals surface area contributed by atoms with Gasteiger partial charge in [-0.3, -0.25) is 4.79 Å². The van der Waals surface area contributed by atoms with Gasteiger partial charge in [0.25, 0.3) is 0 Å². The highest BCUT2D eigenvalue weighted by atomic mass is 16.5. The number of benzene rings is 2. The van der Waals surface area contributed by atoms with E-state index in [0.717, 1.165) is 12.0 Å². The fourth-order valence-corrected chi connectivity index (χ4v) is 3.42. The lowest BCUT2D eigenvalue weighted by molar-refractivity contribution is 0.103. The third-order valence-electron chi connectivity index (χ3n) is 4.74. The molecule has 1 aliphatic rings. The second kappa shape index (κ2) is 5.98. The van der Waals surface area contributed by atoms with E-state index in [4.69, 9.17) is 9.47 Å². The van der Waals surface area contributed by atoms with Crippen LogP contribution in [0.5, 0.6) is 23.1 Å². The third-order valence-corrected chi connectivity index (χ3v) is 4.74. The van der Waals surface area contributed by atoms with E-state index in [0.29, 0.717) is 41.1 Å². The van der Waals surface area contributed by atoms with Crippen LogP contribution < -0.4 is 9.47 Å². The number of phenolic OH excluding ortho intramolecular Hbond substituents is 2. The van der Waals surface area contributed by atoms with Crippen LogP contribution in [-0.2, 0) is 6.54 Å². The number of hydrogen-bond donors (Lipinski definition) is 2. The maximum Gasteiger partial charge on any atom is 0.206 e. The Labute approximate surface area is 150 Å². The molecule has 0 atom stereocenters. The van der Waals surface area contributed by atoms with Gasteiger partial charge in [0, 0.05) is 17.5 Å². The summed E-state index contributed by atoms with van der Waals surface area (Å²) in [5.74, 6) is -0.331. The van der Waals surface area contributed by atoms with E-state index in [2.05, 4.69) is 0 Å². The van der Waals surface area contributed by atoms with Crippen LogP contribution in [0, 0.1) is 6.92 Å². The van der Waals surface area contributed by atoms with E-state index in [1.807, 2.05) is 19.1 Å². The molecule has 2 aromatic carbocycles. The first-order valence-electron chi connectivity index (χ1n) is 8.42. The first-order chi connectivity index (χ1) is 12.5. The average molecular weight is 353 g/mol. The molecular formula is C20H19NO5. The van der Waals surface area contributed by atoms with Crippen molar-refractivity contribution in [1.82, 2.24) is 4.57 Å². The summed E-state index contributed by atoms with van der Waals surface area (Å²) in [4.78, 5) is 13.2. The molecule has 134 valence electrons. The lowest BCUT2D eigenvalue weighted by Gasteiger charge is -2.18. The van der Waals surface area contributed by atoms with Gasteiger partial charge in [0.2, 0.25) is 11.6 Å². The summed E-state index contributed by atoms with van der Waals surface area (Å²) in [7, 11) is 1.40. The lowest BCUT2D eigenvalue weighted by Crippen LogP contribution is -2.15. The zero-order valence-corrected chi connectivity index (χ0v) is 14.6. The van der Waals surface area contributed by atoms with Gasteiger partial charge in [-0.2, -0.15) is 0 Å². The summed E-state index contributed by atoms with van der Waals surface area (Å²) in [6.07, 6.45) is 0.751. The first kappa shape index (κ1) is 16.3. The van der Waals surface area contributed by atoms with Crippen LogP contribution in [-0.4, -0.2) is 34.3 Å². The van der Waals surface area contributed by atoms with Crippen molar-refractivity contribution in [3.63, 3.8) is 0 Å². The van der Waals surface area contributed by atoms with Crippen LogP contribution >= 0.6 is 0 Å². The fraction of sp³-hybridized carbons (Fsp3) is 0.250. The van der Waals surface area contributed by atoms with Gasteiger partial charge in [0.05, 0.1) is 24.8 Å². The minimum atomic E-state index is -0.347.